The number of aromatic nitrogens is 2. The summed E-state index contributed by atoms with van der Waals surface area (Å²) in [4.78, 5) is 28.1. The van der Waals surface area contributed by atoms with Gasteiger partial charge in [-0.05, 0) is 17.7 Å². The van der Waals surface area contributed by atoms with Crippen molar-refractivity contribution in [2.24, 2.45) is 0 Å². The van der Waals surface area contributed by atoms with E-state index in [1.807, 2.05) is 29.2 Å². The third-order valence-corrected chi connectivity index (χ3v) is 5.57. The highest BCUT2D eigenvalue weighted by atomic mass is 16.5. The highest BCUT2D eigenvalue weighted by molar-refractivity contribution is 5.74. The summed E-state index contributed by atoms with van der Waals surface area (Å²) in [5.41, 5.74) is 3.26. The third kappa shape index (κ3) is 4.33. The summed E-state index contributed by atoms with van der Waals surface area (Å²) >= 11 is 0. The molecule has 2 aromatic rings. The lowest BCUT2D eigenvalue weighted by Crippen LogP contribution is -2.44. The zero-order valence-corrected chi connectivity index (χ0v) is 17.9. The maximum atomic E-state index is 12.5. The molecular formula is C22H29N5O3. The molecular weight excluding hydrogens is 382 g/mol. The highest BCUT2D eigenvalue weighted by Crippen LogP contribution is 2.28. The lowest BCUT2D eigenvalue weighted by atomic mass is 10.0. The van der Waals surface area contributed by atoms with Crippen molar-refractivity contribution in [2.45, 2.75) is 19.4 Å². The van der Waals surface area contributed by atoms with Crippen LogP contribution < -0.4 is 9.64 Å². The minimum atomic E-state index is 0.0240. The van der Waals surface area contributed by atoms with E-state index >= 15 is 0 Å². The molecule has 4 rings (SSSR count). The van der Waals surface area contributed by atoms with Crippen LogP contribution in [0, 0.1) is 0 Å². The van der Waals surface area contributed by atoms with Crippen LogP contribution in [0.5, 0.6) is 5.75 Å². The van der Waals surface area contributed by atoms with E-state index in [1.54, 1.807) is 26.1 Å². The molecule has 8 nitrogen and oxygen atoms in total. The molecule has 1 aromatic heterocycles. The summed E-state index contributed by atoms with van der Waals surface area (Å²) in [6, 6.07) is 8.04. The SMILES string of the molecule is COc1ccc(Cc2nc3c(c(N4CCOCC4)n2)CN(C(=O)N(C)C)CC3)cc1. The van der Waals surface area contributed by atoms with Crippen molar-refractivity contribution in [3.8, 4) is 5.75 Å². The van der Waals surface area contributed by atoms with Crippen molar-refractivity contribution in [3.63, 3.8) is 0 Å². The van der Waals surface area contributed by atoms with Gasteiger partial charge in [-0.2, -0.15) is 0 Å². The highest BCUT2D eigenvalue weighted by Gasteiger charge is 2.28. The summed E-state index contributed by atoms with van der Waals surface area (Å²) in [5, 5.41) is 0. The molecule has 0 saturated carbocycles. The molecule has 1 aromatic carbocycles. The number of anilines is 1. The third-order valence-electron chi connectivity index (χ3n) is 5.57. The summed E-state index contributed by atoms with van der Waals surface area (Å²) < 4.78 is 10.8. The Kier molecular flexibility index (Phi) is 6.03. The first-order valence-electron chi connectivity index (χ1n) is 10.4. The van der Waals surface area contributed by atoms with Crippen molar-refractivity contribution in [3.05, 3.63) is 46.9 Å². The molecule has 3 heterocycles. The number of morpholine rings is 1. The van der Waals surface area contributed by atoms with Crippen LogP contribution in [-0.2, 0) is 24.1 Å². The van der Waals surface area contributed by atoms with Crippen LogP contribution in [0.25, 0.3) is 0 Å². The number of ether oxygens (including phenoxy) is 2. The topological polar surface area (TPSA) is 71.0 Å². The van der Waals surface area contributed by atoms with E-state index < -0.39 is 0 Å². The fraction of sp³-hybridized carbons (Fsp3) is 0.500. The molecule has 0 spiro atoms. The number of fused-ring (bicyclic) bond motifs is 1. The van der Waals surface area contributed by atoms with Crippen LogP contribution in [0.2, 0.25) is 0 Å². The molecule has 30 heavy (non-hydrogen) atoms. The van der Waals surface area contributed by atoms with Crippen LogP contribution >= 0.6 is 0 Å². The molecule has 8 heteroatoms. The van der Waals surface area contributed by atoms with E-state index in [9.17, 15) is 4.79 Å². The first kappa shape index (κ1) is 20.4. The Morgan fingerprint density at radius 2 is 1.87 bits per heavy atom. The maximum absolute atomic E-state index is 12.5. The molecule has 1 saturated heterocycles. The molecule has 160 valence electrons. The van der Waals surface area contributed by atoms with Gasteiger partial charge in [-0.1, -0.05) is 12.1 Å². The lowest BCUT2D eigenvalue weighted by molar-refractivity contribution is 0.122. The van der Waals surface area contributed by atoms with Gasteiger partial charge in [-0.15, -0.1) is 0 Å². The number of hydrogen-bond donors (Lipinski definition) is 0. The van der Waals surface area contributed by atoms with Gasteiger partial charge in [0.1, 0.15) is 17.4 Å². The number of carbonyl (C=O) groups is 1. The minimum absolute atomic E-state index is 0.0240. The number of hydrogen-bond acceptors (Lipinski definition) is 6. The second kappa shape index (κ2) is 8.87. The van der Waals surface area contributed by atoms with Crippen LogP contribution in [0.4, 0.5) is 10.6 Å². The Bertz CT molecular complexity index is 894. The van der Waals surface area contributed by atoms with Crippen LogP contribution in [0.1, 0.15) is 22.6 Å². The van der Waals surface area contributed by atoms with Gasteiger partial charge in [0.05, 0.1) is 32.6 Å². The molecule has 0 atom stereocenters. The molecule has 2 amide bonds. The van der Waals surface area contributed by atoms with Gasteiger partial charge in [-0.3, -0.25) is 0 Å². The van der Waals surface area contributed by atoms with Crippen LogP contribution in [0.3, 0.4) is 0 Å². The van der Waals surface area contributed by atoms with Crippen LogP contribution in [-0.4, -0.2) is 79.9 Å². The van der Waals surface area contributed by atoms with Crippen LogP contribution in [0.15, 0.2) is 24.3 Å². The van der Waals surface area contributed by atoms with Crippen molar-refractivity contribution < 1.29 is 14.3 Å². The average Bonchev–Trinajstić information content (AvgIpc) is 2.78. The fourth-order valence-electron chi connectivity index (χ4n) is 3.93. The predicted octanol–water partition coefficient (Wildman–Crippen LogP) is 1.95. The Morgan fingerprint density at radius 3 is 2.53 bits per heavy atom. The second-order valence-corrected chi connectivity index (χ2v) is 7.86. The standard InChI is InChI=1S/C22H29N5O3/c1-25(2)22(28)27-9-8-19-18(15-27)21(26-10-12-30-13-11-26)24-20(23-19)14-16-4-6-17(29-3)7-5-16/h4-7H,8-15H2,1-3H3. The second-order valence-electron chi connectivity index (χ2n) is 7.86. The number of urea groups is 1. The number of nitrogens with zero attached hydrogens (tertiary/aromatic N) is 5. The molecule has 0 unspecified atom stereocenters. The van der Waals surface area contributed by atoms with E-state index in [1.165, 1.54) is 0 Å². The van der Waals surface area contributed by atoms with Crippen molar-refractivity contribution in [2.75, 3.05) is 59.0 Å². The van der Waals surface area contributed by atoms with Crippen molar-refractivity contribution in [1.29, 1.82) is 0 Å². The Balaban J connectivity index is 1.65. The zero-order valence-electron chi connectivity index (χ0n) is 17.9. The molecule has 2 aliphatic rings. The molecule has 0 aliphatic carbocycles. The van der Waals surface area contributed by atoms with E-state index in [4.69, 9.17) is 19.4 Å². The Labute approximate surface area is 177 Å². The molecule has 1 fully saturated rings. The average molecular weight is 412 g/mol. The predicted molar refractivity (Wildman–Crippen MR) is 114 cm³/mol. The Hall–Kier alpha value is -2.87. The lowest BCUT2D eigenvalue weighted by Gasteiger charge is -2.35. The number of rotatable bonds is 4. The van der Waals surface area contributed by atoms with Gasteiger partial charge in [0.15, 0.2) is 0 Å². The Morgan fingerprint density at radius 1 is 1.13 bits per heavy atom. The molecule has 0 radical (unpaired) electrons. The number of methoxy groups -OCH3 is 1. The van der Waals surface area contributed by atoms with Crippen molar-refractivity contribution in [1.82, 2.24) is 19.8 Å². The van der Waals surface area contributed by atoms with E-state index in [0.717, 1.165) is 53.7 Å². The number of benzene rings is 1. The molecule has 0 bridgehead atoms. The summed E-state index contributed by atoms with van der Waals surface area (Å²) in [7, 11) is 5.24. The van der Waals surface area contributed by atoms with Gasteiger partial charge in [-0.25, -0.2) is 14.8 Å². The summed E-state index contributed by atoms with van der Waals surface area (Å²) in [5.74, 6) is 2.60. The monoisotopic (exact) mass is 411 g/mol. The summed E-state index contributed by atoms with van der Waals surface area (Å²) in [6.07, 6.45) is 1.40. The smallest absolute Gasteiger partial charge is 0.319 e. The first-order chi connectivity index (χ1) is 14.5. The van der Waals surface area contributed by atoms with E-state index in [2.05, 4.69) is 4.90 Å². The van der Waals surface area contributed by atoms with E-state index in [-0.39, 0.29) is 6.03 Å². The summed E-state index contributed by atoms with van der Waals surface area (Å²) in [6.45, 7) is 4.19. The molecule has 2 aliphatic heterocycles. The quantitative estimate of drug-likeness (QED) is 0.766. The normalized spacial score (nSPS) is 16.2. The van der Waals surface area contributed by atoms with Gasteiger partial charge < -0.3 is 24.2 Å². The largest absolute Gasteiger partial charge is 0.497 e. The van der Waals surface area contributed by atoms with E-state index in [0.29, 0.717) is 32.7 Å². The van der Waals surface area contributed by atoms with Gasteiger partial charge in [0.25, 0.3) is 0 Å². The van der Waals surface area contributed by atoms with Gasteiger partial charge in [0.2, 0.25) is 0 Å². The number of carbonyl (C=O) groups excluding carboxylic acids is 1. The zero-order chi connectivity index (χ0) is 21.1. The molecule has 0 N–H and O–H groups in total. The van der Waals surface area contributed by atoms with Gasteiger partial charge in [0, 0.05) is 52.1 Å². The van der Waals surface area contributed by atoms with Crippen molar-refractivity contribution >= 4 is 11.8 Å². The van der Waals surface area contributed by atoms with Gasteiger partial charge >= 0.3 is 6.03 Å². The minimum Gasteiger partial charge on any atom is -0.497 e. The first-order valence-corrected chi connectivity index (χ1v) is 10.4. The fourth-order valence-corrected chi connectivity index (χ4v) is 3.93. The number of amides is 2. The maximum Gasteiger partial charge on any atom is 0.319 e.